The second kappa shape index (κ2) is 6.49. The predicted octanol–water partition coefficient (Wildman–Crippen LogP) is 4.70. The van der Waals surface area contributed by atoms with Crippen molar-refractivity contribution in [1.82, 2.24) is 15.2 Å². The largest absolute Gasteiger partial charge is 0.329 e. The average molecular weight is 436 g/mol. The fourth-order valence-corrected chi connectivity index (χ4v) is 3.53. The number of aryl methyl sites for hydroxylation is 1. The molecule has 9 heteroatoms. The summed E-state index contributed by atoms with van der Waals surface area (Å²) in [4.78, 5) is 9.02. The van der Waals surface area contributed by atoms with Crippen molar-refractivity contribution in [2.45, 2.75) is 19.0 Å². The van der Waals surface area contributed by atoms with E-state index in [1.54, 1.807) is 31.2 Å². The van der Waals surface area contributed by atoms with Crippen molar-refractivity contribution < 1.29 is 13.2 Å². The number of aromatic amines is 1. The van der Waals surface area contributed by atoms with Gasteiger partial charge in [0.2, 0.25) is 0 Å². The van der Waals surface area contributed by atoms with Crippen LogP contribution in [0, 0.1) is 12.7 Å². The molecule has 27 heavy (non-hydrogen) atoms. The monoisotopic (exact) mass is 435 g/mol. The van der Waals surface area contributed by atoms with Crippen LogP contribution in [0.25, 0.3) is 0 Å². The van der Waals surface area contributed by atoms with Crippen molar-refractivity contribution >= 4 is 33.6 Å². The second-order valence-corrected chi connectivity index (χ2v) is 6.95. The molecular formula is C18H13BrF3N5. The Bertz CT molecular complexity index is 1020. The van der Waals surface area contributed by atoms with Gasteiger partial charge in [0, 0.05) is 28.0 Å². The molecule has 1 aliphatic heterocycles. The van der Waals surface area contributed by atoms with E-state index in [1.807, 2.05) is 0 Å². The van der Waals surface area contributed by atoms with Gasteiger partial charge in [-0.25, -0.2) is 4.39 Å². The number of hydrogen-bond donors (Lipinski definition) is 1. The number of aromatic nitrogens is 3. The van der Waals surface area contributed by atoms with Crippen molar-refractivity contribution in [2.24, 2.45) is 4.99 Å². The lowest BCUT2D eigenvalue weighted by molar-refractivity contribution is -0.0329. The molecular weight excluding hydrogens is 423 g/mol. The van der Waals surface area contributed by atoms with Crippen molar-refractivity contribution in [3.63, 3.8) is 0 Å². The maximum atomic E-state index is 15.3. The third-order valence-corrected chi connectivity index (χ3v) is 4.83. The van der Waals surface area contributed by atoms with Crippen LogP contribution in [0.3, 0.4) is 0 Å². The Balaban J connectivity index is 1.88. The SMILES string of the molecule is Cc1cc(N2c3c(Br)cccc3C=NC2C(F)(F)c2ccc(F)cn2)n[nH]1. The summed E-state index contributed by atoms with van der Waals surface area (Å²) in [5, 5.41) is 6.91. The Labute approximate surface area is 161 Å². The van der Waals surface area contributed by atoms with Crippen LogP contribution in [0.4, 0.5) is 24.7 Å². The second-order valence-electron chi connectivity index (χ2n) is 6.09. The third kappa shape index (κ3) is 3.01. The zero-order valence-electron chi connectivity index (χ0n) is 14.0. The van der Waals surface area contributed by atoms with Gasteiger partial charge in [0.1, 0.15) is 11.5 Å². The fraction of sp³-hybridized carbons (Fsp3) is 0.167. The Morgan fingerprint density at radius 3 is 2.70 bits per heavy atom. The molecule has 1 N–H and O–H groups in total. The highest BCUT2D eigenvalue weighted by Gasteiger charge is 2.49. The van der Waals surface area contributed by atoms with Crippen LogP contribution in [-0.4, -0.2) is 27.6 Å². The number of anilines is 2. The topological polar surface area (TPSA) is 57.2 Å². The van der Waals surface area contributed by atoms with Crippen LogP contribution in [0.2, 0.25) is 0 Å². The Morgan fingerprint density at radius 2 is 2.04 bits per heavy atom. The molecule has 0 saturated carbocycles. The van der Waals surface area contributed by atoms with Crippen LogP contribution in [0.15, 0.2) is 52.1 Å². The molecule has 1 aromatic carbocycles. The van der Waals surface area contributed by atoms with Crippen molar-refractivity contribution in [3.05, 3.63) is 69.8 Å². The number of aliphatic imine (C=N–C) groups is 1. The minimum atomic E-state index is -3.50. The van der Waals surface area contributed by atoms with Gasteiger partial charge in [-0.1, -0.05) is 12.1 Å². The van der Waals surface area contributed by atoms with Gasteiger partial charge in [0.15, 0.2) is 12.0 Å². The number of fused-ring (bicyclic) bond motifs is 1. The first-order chi connectivity index (χ1) is 12.9. The molecule has 0 aliphatic carbocycles. The number of benzene rings is 1. The summed E-state index contributed by atoms with van der Waals surface area (Å²) in [6, 6.07) is 8.91. The highest BCUT2D eigenvalue weighted by Crippen LogP contribution is 2.45. The van der Waals surface area contributed by atoms with Gasteiger partial charge in [-0.15, -0.1) is 0 Å². The number of H-pyrrole nitrogens is 1. The van der Waals surface area contributed by atoms with Crippen molar-refractivity contribution in [2.75, 3.05) is 4.90 Å². The minimum absolute atomic E-state index is 0.296. The number of halogens is 4. The molecule has 0 fully saturated rings. The molecule has 5 nitrogen and oxygen atoms in total. The zero-order chi connectivity index (χ0) is 19.2. The number of hydrogen-bond acceptors (Lipinski definition) is 4. The molecule has 0 saturated heterocycles. The molecule has 1 aliphatic rings. The van der Waals surface area contributed by atoms with E-state index >= 15 is 8.78 Å². The molecule has 0 bridgehead atoms. The molecule has 3 aromatic rings. The molecule has 4 rings (SSSR count). The van der Waals surface area contributed by atoms with E-state index in [0.717, 1.165) is 24.0 Å². The van der Waals surface area contributed by atoms with Gasteiger partial charge in [-0.2, -0.15) is 13.9 Å². The zero-order valence-corrected chi connectivity index (χ0v) is 15.6. The molecule has 0 radical (unpaired) electrons. The number of pyridine rings is 1. The minimum Gasteiger partial charge on any atom is -0.294 e. The van der Waals surface area contributed by atoms with Gasteiger partial charge in [-0.3, -0.25) is 20.0 Å². The van der Waals surface area contributed by atoms with Gasteiger partial charge in [0.05, 0.1) is 11.9 Å². The fourth-order valence-electron chi connectivity index (χ4n) is 2.96. The summed E-state index contributed by atoms with van der Waals surface area (Å²) in [6.45, 7) is 1.78. The number of rotatable bonds is 3. The van der Waals surface area contributed by atoms with Gasteiger partial charge in [-0.05, 0) is 41.1 Å². The quantitative estimate of drug-likeness (QED) is 0.648. The Morgan fingerprint density at radius 1 is 1.22 bits per heavy atom. The molecule has 3 heterocycles. The lowest BCUT2D eigenvalue weighted by Gasteiger charge is -2.37. The Kier molecular flexibility index (Phi) is 4.26. The third-order valence-electron chi connectivity index (χ3n) is 4.19. The van der Waals surface area contributed by atoms with Crippen molar-refractivity contribution in [1.29, 1.82) is 0 Å². The summed E-state index contributed by atoms with van der Waals surface area (Å²) >= 11 is 3.44. The highest BCUT2D eigenvalue weighted by atomic mass is 79.9. The standard InChI is InChI=1S/C18H13BrF3N5/c1-10-7-15(26-25-10)27-16-11(3-2-4-13(16)19)8-24-17(27)18(21,22)14-6-5-12(20)9-23-14/h2-9,17H,1H3,(H,25,26). The Hall–Kier alpha value is -2.68. The summed E-state index contributed by atoms with van der Waals surface area (Å²) in [5.74, 6) is -3.89. The van der Waals surface area contributed by atoms with Crippen LogP contribution in [0.1, 0.15) is 17.0 Å². The van der Waals surface area contributed by atoms with Crippen molar-refractivity contribution in [3.8, 4) is 0 Å². The molecule has 1 unspecified atom stereocenters. The summed E-state index contributed by atoms with van der Waals surface area (Å²) in [5.41, 5.74) is 1.34. The van der Waals surface area contributed by atoms with Gasteiger partial charge >= 0.3 is 5.92 Å². The lowest BCUT2D eigenvalue weighted by Crippen LogP contribution is -2.45. The van der Waals surface area contributed by atoms with E-state index in [2.05, 4.69) is 36.1 Å². The van der Waals surface area contributed by atoms with Gasteiger partial charge < -0.3 is 0 Å². The maximum Gasteiger partial charge on any atom is 0.329 e. The number of para-hydroxylation sites is 1. The lowest BCUT2D eigenvalue weighted by atomic mass is 10.0. The molecule has 0 amide bonds. The summed E-state index contributed by atoms with van der Waals surface area (Å²) in [6.07, 6.45) is 0.533. The van der Waals surface area contributed by atoms with Crippen LogP contribution >= 0.6 is 15.9 Å². The van der Waals surface area contributed by atoms with E-state index in [4.69, 9.17) is 0 Å². The maximum absolute atomic E-state index is 15.3. The smallest absolute Gasteiger partial charge is 0.294 e. The average Bonchev–Trinajstić information content (AvgIpc) is 3.07. The van der Waals surface area contributed by atoms with E-state index < -0.39 is 23.6 Å². The van der Waals surface area contributed by atoms with Crippen LogP contribution < -0.4 is 4.90 Å². The number of alkyl halides is 2. The summed E-state index contributed by atoms with van der Waals surface area (Å²) < 4.78 is 44.5. The van der Waals surface area contributed by atoms with E-state index in [9.17, 15) is 4.39 Å². The first-order valence-electron chi connectivity index (χ1n) is 8.00. The van der Waals surface area contributed by atoms with Gasteiger partial charge in [0.25, 0.3) is 0 Å². The van der Waals surface area contributed by atoms with E-state index in [0.29, 0.717) is 21.5 Å². The first-order valence-corrected chi connectivity index (χ1v) is 8.80. The first kappa shape index (κ1) is 17.7. The molecule has 0 spiro atoms. The predicted molar refractivity (Wildman–Crippen MR) is 99.1 cm³/mol. The molecule has 1 atom stereocenters. The van der Waals surface area contributed by atoms with E-state index in [1.165, 1.54) is 11.1 Å². The van der Waals surface area contributed by atoms with Crippen LogP contribution in [0.5, 0.6) is 0 Å². The normalized spacial score (nSPS) is 16.5. The van der Waals surface area contributed by atoms with Crippen LogP contribution in [-0.2, 0) is 5.92 Å². The molecule has 2 aromatic heterocycles. The number of nitrogens with zero attached hydrogens (tertiary/aromatic N) is 4. The number of nitrogens with one attached hydrogen (secondary N) is 1. The summed E-state index contributed by atoms with van der Waals surface area (Å²) in [7, 11) is 0. The van der Waals surface area contributed by atoms with E-state index in [-0.39, 0.29) is 0 Å². The highest BCUT2D eigenvalue weighted by molar-refractivity contribution is 9.10. The molecule has 138 valence electrons.